The molecule has 1 unspecified atom stereocenters. The molecular weight excluding hydrogens is 166 g/mol. The van der Waals surface area contributed by atoms with E-state index in [0.29, 0.717) is 24.9 Å². The number of ketones is 1. The van der Waals surface area contributed by atoms with Gasteiger partial charge in [-0.1, -0.05) is 0 Å². The Morgan fingerprint density at radius 1 is 1.46 bits per heavy atom. The molecule has 0 aromatic heterocycles. The minimum Gasteiger partial charge on any atom is -0.380 e. The molecule has 3 aliphatic rings. The number of rotatable bonds is 3. The molecule has 3 heteroatoms. The summed E-state index contributed by atoms with van der Waals surface area (Å²) >= 11 is 0. The van der Waals surface area contributed by atoms with Crippen molar-refractivity contribution in [1.82, 2.24) is 4.90 Å². The Morgan fingerprint density at radius 3 is 2.69 bits per heavy atom. The number of piperidine rings is 3. The number of fused-ring (bicyclic) bond motifs is 3. The topological polar surface area (TPSA) is 29.5 Å². The molecule has 3 nitrogen and oxygen atoms in total. The second-order valence-corrected chi connectivity index (χ2v) is 3.89. The van der Waals surface area contributed by atoms with Crippen molar-refractivity contribution in [3.8, 4) is 0 Å². The summed E-state index contributed by atoms with van der Waals surface area (Å²) in [7, 11) is 0. The molecule has 0 N–H and O–H groups in total. The van der Waals surface area contributed by atoms with Crippen LogP contribution in [0, 0.1) is 5.92 Å². The van der Waals surface area contributed by atoms with Crippen LogP contribution in [0.25, 0.3) is 0 Å². The molecule has 13 heavy (non-hydrogen) atoms. The highest BCUT2D eigenvalue weighted by molar-refractivity contribution is 5.88. The van der Waals surface area contributed by atoms with Gasteiger partial charge in [0, 0.05) is 12.5 Å². The Kier molecular flexibility index (Phi) is 2.65. The summed E-state index contributed by atoms with van der Waals surface area (Å²) in [4.78, 5) is 14.0. The third-order valence-corrected chi connectivity index (χ3v) is 3.18. The van der Waals surface area contributed by atoms with Gasteiger partial charge in [0.25, 0.3) is 0 Å². The number of nitrogens with zero attached hydrogens (tertiary/aromatic N) is 1. The molecular formula is C10H17NO2. The lowest BCUT2D eigenvalue weighted by Gasteiger charge is -2.43. The molecule has 0 saturated carbocycles. The first-order valence-corrected chi connectivity index (χ1v) is 5.18. The predicted octanol–water partition coefficient (Wildman–Crippen LogP) is 0.686. The molecule has 0 aliphatic carbocycles. The van der Waals surface area contributed by atoms with E-state index >= 15 is 0 Å². The molecule has 3 saturated heterocycles. The number of Topliss-reactive ketones (excluding diaryl/α,β-unsaturated/α-hetero) is 1. The van der Waals surface area contributed by atoms with Crippen molar-refractivity contribution in [2.75, 3.05) is 26.3 Å². The number of carbonyl (C=O) groups is 1. The lowest BCUT2D eigenvalue weighted by molar-refractivity contribution is -0.140. The van der Waals surface area contributed by atoms with Crippen LogP contribution in [0.5, 0.6) is 0 Å². The van der Waals surface area contributed by atoms with Crippen molar-refractivity contribution < 1.29 is 9.53 Å². The highest BCUT2D eigenvalue weighted by atomic mass is 16.5. The van der Waals surface area contributed by atoms with E-state index in [2.05, 4.69) is 4.90 Å². The average molecular weight is 183 g/mol. The monoisotopic (exact) mass is 183 g/mol. The molecule has 3 rings (SSSR count). The lowest BCUT2D eigenvalue weighted by atomic mass is 9.82. The van der Waals surface area contributed by atoms with Gasteiger partial charge in [0.1, 0.15) is 0 Å². The van der Waals surface area contributed by atoms with E-state index in [0.717, 1.165) is 25.9 Å². The maximum atomic E-state index is 11.8. The summed E-state index contributed by atoms with van der Waals surface area (Å²) in [5.74, 6) is 0.765. The number of hydrogen-bond donors (Lipinski definition) is 0. The third-order valence-electron chi connectivity index (χ3n) is 3.18. The van der Waals surface area contributed by atoms with E-state index in [4.69, 9.17) is 4.74 Å². The van der Waals surface area contributed by atoms with E-state index < -0.39 is 0 Å². The first-order valence-electron chi connectivity index (χ1n) is 5.18. The van der Waals surface area contributed by atoms with Gasteiger partial charge in [-0.2, -0.15) is 0 Å². The average Bonchev–Trinajstić information content (AvgIpc) is 2.18. The second-order valence-electron chi connectivity index (χ2n) is 3.89. The van der Waals surface area contributed by atoms with Gasteiger partial charge in [-0.05, 0) is 32.9 Å². The molecule has 0 aromatic rings. The van der Waals surface area contributed by atoms with Crippen molar-refractivity contribution in [3.63, 3.8) is 0 Å². The van der Waals surface area contributed by atoms with Crippen molar-refractivity contribution in [2.45, 2.75) is 25.8 Å². The molecule has 3 aliphatic heterocycles. The van der Waals surface area contributed by atoms with Crippen LogP contribution in [-0.2, 0) is 9.53 Å². The van der Waals surface area contributed by atoms with E-state index in [9.17, 15) is 4.79 Å². The van der Waals surface area contributed by atoms with Crippen molar-refractivity contribution >= 4 is 5.78 Å². The largest absolute Gasteiger partial charge is 0.380 e. The van der Waals surface area contributed by atoms with Gasteiger partial charge in [0.05, 0.1) is 12.6 Å². The predicted molar refractivity (Wildman–Crippen MR) is 49.6 cm³/mol. The van der Waals surface area contributed by atoms with Crippen LogP contribution in [0.4, 0.5) is 0 Å². The molecule has 0 aromatic carbocycles. The summed E-state index contributed by atoms with van der Waals surface area (Å²) in [5.41, 5.74) is 0. The van der Waals surface area contributed by atoms with Gasteiger partial charge >= 0.3 is 0 Å². The summed E-state index contributed by atoms with van der Waals surface area (Å²) in [6, 6.07) is 0.0763. The maximum Gasteiger partial charge on any atom is 0.155 e. The Bertz CT molecular complexity index is 197. The standard InChI is InChI=1S/C10H17NO2/c1-2-13-7-9-10(12)8-3-5-11(9)6-4-8/h8-9H,2-7H2,1H3. The smallest absolute Gasteiger partial charge is 0.155 e. The molecule has 74 valence electrons. The fourth-order valence-corrected chi connectivity index (χ4v) is 2.36. The van der Waals surface area contributed by atoms with Crippen LogP contribution < -0.4 is 0 Å². The van der Waals surface area contributed by atoms with Crippen LogP contribution in [0.1, 0.15) is 19.8 Å². The summed E-state index contributed by atoms with van der Waals surface area (Å²) < 4.78 is 5.33. The Labute approximate surface area is 79.0 Å². The van der Waals surface area contributed by atoms with E-state index in [1.807, 2.05) is 6.92 Å². The highest BCUT2D eigenvalue weighted by Crippen LogP contribution is 2.28. The van der Waals surface area contributed by atoms with Gasteiger partial charge in [0.15, 0.2) is 5.78 Å². The van der Waals surface area contributed by atoms with Crippen LogP contribution in [-0.4, -0.2) is 43.0 Å². The minimum absolute atomic E-state index is 0.0763. The molecule has 3 heterocycles. The summed E-state index contributed by atoms with van der Waals surface area (Å²) in [6.45, 7) is 5.47. The fourth-order valence-electron chi connectivity index (χ4n) is 2.36. The van der Waals surface area contributed by atoms with Crippen molar-refractivity contribution in [2.24, 2.45) is 5.92 Å². The Balaban J connectivity index is 1.97. The van der Waals surface area contributed by atoms with E-state index in [-0.39, 0.29) is 6.04 Å². The first-order chi connectivity index (χ1) is 6.33. The van der Waals surface area contributed by atoms with Crippen molar-refractivity contribution in [1.29, 1.82) is 0 Å². The van der Waals surface area contributed by atoms with E-state index in [1.165, 1.54) is 0 Å². The fraction of sp³-hybridized carbons (Fsp3) is 0.900. The zero-order chi connectivity index (χ0) is 9.26. The van der Waals surface area contributed by atoms with Gasteiger partial charge in [-0.15, -0.1) is 0 Å². The zero-order valence-corrected chi connectivity index (χ0v) is 8.16. The normalized spacial score (nSPS) is 38.2. The number of ether oxygens (including phenoxy) is 1. The summed E-state index contributed by atoms with van der Waals surface area (Å²) in [6.07, 6.45) is 2.14. The van der Waals surface area contributed by atoms with Crippen LogP contribution >= 0.6 is 0 Å². The lowest BCUT2D eigenvalue weighted by Crippen LogP contribution is -2.57. The van der Waals surface area contributed by atoms with Gasteiger partial charge in [-0.25, -0.2) is 0 Å². The molecule has 3 fully saturated rings. The van der Waals surface area contributed by atoms with Crippen LogP contribution in [0.3, 0.4) is 0 Å². The second kappa shape index (κ2) is 3.76. The van der Waals surface area contributed by atoms with E-state index in [1.54, 1.807) is 0 Å². The Hall–Kier alpha value is -0.410. The van der Waals surface area contributed by atoms with Crippen LogP contribution in [0.15, 0.2) is 0 Å². The molecule has 0 radical (unpaired) electrons. The van der Waals surface area contributed by atoms with Gasteiger partial charge in [-0.3, -0.25) is 9.69 Å². The van der Waals surface area contributed by atoms with Crippen LogP contribution in [0.2, 0.25) is 0 Å². The SMILES string of the molecule is CCOCC1C(=O)C2CCN1CC2. The zero-order valence-electron chi connectivity index (χ0n) is 8.16. The number of carbonyl (C=O) groups excluding carboxylic acids is 1. The summed E-state index contributed by atoms with van der Waals surface area (Å²) in [5, 5.41) is 0. The molecule has 0 spiro atoms. The maximum absolute atomic E-state index is 11.8. The van der Waals surface area contributed by atoms with Gasteiger partial charge in [0.2, 0.25) is 0 Å². The quantitative estimate of drug-likeness (QED) is 0.644. The minimum atomic E-state index is 0.0763. The molecule has 0 amide bonds. The third kappa shape index (κ3) is 1.63. The van der Waals surface area contributed by atoms with Crippen molar-refractivity contribution in [3.05, 3.63) is 0 Å². The Morgan fingerprint density at radius 2 is 2.15 bits per heavy atom. The van der Waals surface area contributed by atoms with Gasteiger partial charge < -0.3 is 4.74 Å². The molecule has 1 atom stereocenters. The highest BCUT2D eigenvalue weighted by Gasteiger charge is 2.40. The number of hydrogen-bond acceptors (Lipinski definition) is 3. The first kappa shape index (κ1) is 9.16. The molecule has 2 bridgehead atoms.